The van der Waals surface area contributed by atoms with Crippen molar-refractivity contribution in [1.82, 2.24) is 0 Å². The minimum absolute atomic E-state index is 0.0469. The summed E-state index contributed by atoms with van der Waals surface area (Å²) in [6, 6.07) is 27.4. The van der Waals surface area contributed by atoms with Gasteiger partial charge in [-0.2, -0.15) is 5.26 Å². The number of rotatable bonds is 8. The van der Waals surface area contributed by atoms with Gasteiger partial charge in [0, 0.05) is 27.4 Å². The van der Waals surface area contributed by atoms with Crippen LogP contribution in [0.25, 0.3) is 11.1 Å². The van der Waals surface area contributed by atoms with Crippen molar-refractivity contribution in [2.24, 2.45) is 5.92 Å². The van der Waals surface area contributed by atoms with Crippen molar-refractivity contribution in [3.05, 3.63) is 101 Å². The molecule has 1 aliphatic carbocycles. The van der Waals surface area contributed by atoms with Gasteiger partial charge in [-0.3, -0.25) is 9.59 Å². The molecule has 4 aromatic rings. The van der Waals surface area contributed by atoms with Crippen molar-refractivity contribution in [1.29, 1.82) is 5.26 Å². The Bertz CT molecular complexity index is 1470. The van der Waals surface area contributed by atoms with Crippen LogP contribution in [0.5, 0.6) is 0 Å². The summed E-state index contributed by atoms with van der Waals surface area (Å²) in [7, 11) is 0. The van der Waals surface area contributed by atoms with Crippen LogP contribution >= 0.6 is 23.1 Å². The number of aryl methyl sites for hydroxylation is 1. The van der Waals surface area contributed by atoms with Gasteiger partial charge in [-0.25, -0.2) is 0 Å². The average molecular weight is 524 g/mol. The second-order valence-electron chi connectivity index (χ2n) is 9.02. The van der Waals surface area contributed by atoms with Gasteiger partial charge in [0.05, 0.1) is 5.56 Å². The van der Waals surface area contributed by atoms with Gasteiger partial charge in [-0.15, -0.1) is 23.1 Å². The van der Waals surface area contributed by atoms with Gasteiger partial charge in [-0.05, 0) is 49.1 Å². The summed E-state index contributed by atoms with van der Waals surface area (Å²) in [5.41, 5.74) is 4.94. The third-order valence-corrected chi connectivity index (χ3v) is 8.29. The lowest BCUT2D eigenvalue weighted by atomic mass is 10.0. The molecule has 1 saturated carbocycles. The predicted molar refractivity (Wildman–Crippen MR) is 151 cm³/mol. The monoisotopic (exact) mass is 523 g/mol. The zero-order chi connectivity index (χ0) is 25.8. The molecule has 184 valence electrons. The topological polar surface area (TPSA) is 82.0 Å². The van der Waals surface area contributed by atoms with Crippen molar-refractivity contribution in [3.63, 3.8) is 0 Å². The van der Waals surface area contributed by atoms with E-state index in [9.17, 15) is 14.9 Å². The molecule has 1 aromatic heterocycles. The lowest BCUT2D eigenvalue weighted by Gasteiger charge is -2.17. The molecular weight excluding hydrogens is 498 g/mol. The number of nitrogens with zero attached hydrogens (tertiary/aromatic N) is 1. The second-order valence-corrected chi connectivity index (χ2v) is 11.1. The number of nitriles is 1. The zero-order valence-electron chi connectivity index (χ0n) is 20.2. The van der Waals surface area contributed by atoms with Gasteiger partial charge >= 0.3 is 0 Å². The SMILES string of the molecule is Cc1ccc(-c2csc(NC(=O)C(Sc3cccc(NC(=O)C4CC4)c3)c3ccccc3)c2C#N)cc1. The largest absolute Gasteiger partial charge is 0.326 e. The Balaban J connectivity index is 1.39. The lowest BCUT2D eigenvalue weighted by Crippen LogP contribution is -2.19. The van der Waals surface area contributed by atoms with E-state index in [1.165, 1.54) is 23.1 Å². The Kier molecular flexibility index (Phi) is 7.40. The van der Waals surface area contributed by atoms with Crippen molar-refractivity contribution < 1.29 is 9.59 Å². The van der Waals surface area contributed by atoms with Gasteiger partial charge in [0.15, 0.2) is 0 Å². The molecule has 0 aliphatic heterocycles. The summed E-state index contributed by atoms with van der Waals surface area (Å²) in [6.45, 7) is 2.02. The van der Waals surface area contributed by atoms with Crippen LogP contribution < -0.4 is 10.6 Å². The molecule has 3 aromatic carbocycles. The highest BCUT2D eigenvalue weighted by Gasteiger charge is 2.30. The van der Waals surface area contributed by atoms with Gasteiger partial charge in [0.1, 0.15) is 16.3 Å². The Hall–Kier alpha value is -3.86. The van der Waals surface area contributed by atoms with E-state index in [4.69, 9.17) is 0 Å². The van der Waals surface area contributed by atoms with E-state index in [0.29, 0.717) is 10.6 Å². The Labute approximate surface area is 224 Å². The van der Waals surface area contributed by atoms with Crippen LogP contribution in [0.1, 0.15) is 34.8 Å². The van der Waals surface area contributed by atoms with Gasteiger partial charge < -0.3 is 10.6 Å². The molecule has 7 heteroatoms. The predicted octanol–water partition coefficient (Wildman–Crippen LogP) is 7.42. The third-order valence-electron chi connectivity index (χ3n) is 6.15. The maximum atomic E-state index is 13.6. The summed E-state index contributed by atoms with van der Waals surface area (Å²) in [6.07, 6.45) is 1.88. The number of carbonyl (C=O) groups is 2. The van der Waals surface area contributed by atoms with Crippen molar-refractivity contribution in [3.8, 4) is 17.2 Å². The number of thiophene rings is 1. The number of thioether (sulfide) groups is 1. The van der Waals surface area contributed by atoms with E-state index >= 15 is 0 Å². The first-order valence-electron chi connectivity index (χ1n) is 12.0. The van der Waals surface area contributed by atoms with Crippen LogP contribution in [0.15, 0.2) is 89.1 Å². The molecule has 2 N–H and O–H groups in total. The summed E-state index contributed by atoms with van der Waals surface area (Å²) >= 11 is 2.76. The van der Waals surface area contributed by atoms with Crippen molar-refractivity contribution in [2.75, 3.05) is 10.6 Å². The van der Waals surface area contributed by atoms with Gasteiger partial charge in [0.2, 0.25) is 11.8 Å². The second kappa shape index (κ2) is 11.0. The summed E-state index contributed by atoms with van der Waals surface area (Å²) in [5, 5.41) is 17.8. The van der Waals surface area contributed by atoms with Crippen LogP contribution in [0.3, 0.4) is 0 Å². The Morgan fingerprint density at radius 1 is 1.00 bits per heavy atom. The van der Waals surface area contributed by atoms with Gasteiger partial charge in [-0.1, -0.05) is 66.2 Å². The summed E-state index contributed by atoms with van der Waals surface area (Å²) in [4.78, 5) is 26.7. The molecule has 1 fully saturated rings. The molecule has 0 spiro atoms. The van der Waals surface area contributed by atoms with Crippen molar-refractivity contribution in [2.45, 2.75) is 29.9 Å². The van der Waals surface area contributed by atoms with Crippen LogP contribution in [0, 0.1) is 24.2 Å². The quantitative estimate of drug-likeness (QED) is 0.236. The van der Waals surface area contributed by atoms with E-state index in [1.54, 1.807) is 0 Å². The normalized spacial score (nSPS) is 13.4. The number of anilines is 2. The van der Waals surface area contributed by atoms with Crippen molar-refractivity contribution >= 4 is 45.6 Å². The minimum Gasteiger partial charge on any atom is -0.326 e. The lowest BCUT2D eigenvalue weighted by molar-refractivity contribution is -0.117. The maximum absolute atomic E-state index is 13.6. The number of hydrogen-bond acceptors (Lipinski definition) is 5. The summed E-state index contributed by atoms with van der Waals surface area (Å²) < 4.78 is 0. The van der Waals surface area contributed by atoms with Gasteiger partial charge in [0.25, 0.3) is 0 Å². The molecule has 2 amide bonds. The molecule has 5 nitrogen and oxygen atoms in total. The molecule has 0 bridgehead atoms. The highest BCUT2D eigenvalue weighted by atomic mass is 32.2. The zero-order valence-corrected chi connectivity index (χ0v) is 21.9. The minimum atomic E-state index is -0.549. The first-order valence-corrected chi connectivity index (χ1v) is 13.8. The van der Waals surface area contributed by atoms with E-state index in [1.807, 2.05) is 91.2 Å². The number of amides is 2. The van der Waals surface area contributed by atoms with E-state index < -0.39 is 5.25 Å². The number of hydrogen-bond donors (Lipinski definition) is 2. The molecule has 1 unspecified atom stereocenters. The molecule has 1 heterocycles. The van der Waals surface area contributed by atoms with E-state index in [-0.39, 0.29) is 17.7 Å². The number of nitrogens with one attached hydrogen (secondary N) is 2. The van der Waals surface area contributed by atoms with Crippen LogP contribution in [-0.4, -0.2) is 11.8 Å². The fraction of sp³-hybridized carbons (Fsp3) is 0.167. The molecular formula is C30H25N3O2S2. The molecule has 5 rings (SSSR count). The van der Waals surface area contributed by atoms with Crippen LogP contribution in [-0.2, 0) is 9.59 Å². The molecule has 0 radical (unpaired) electrons. The highest BCUT2D eigenvalue weighted by Crippen LogP contribution is 2.40. The Morgan fingerprint density at radius 3 is 2.46 bits per heavy atom. The van der Waals surface area contributed by atoms with E-state index in [0.717, 1.165) is 45.7 Å². The smallest absolute Gasteiger partial charge is 0.243 e. The molecule has 0 saturated heterocycles. The van der Waals surface area contributed by atoms with Crippen LogP contribution in [0.2, 0.25) is 0 Å². The first-order chi connectivity index (χ1) is 18.0. The fourth-order valence-corrected chi connectivity index (χ4v) is 5.96. The number of benzene rings is 3. The molecule has 1 atom stereocenters. The fourth-order valence-electron chi connectivity index (χ4n) is 3.96. The molecule has 37 heavy (non-hydrogen) atoms. The van der Waals surface area contributed by atoms with Crippen LogP contribution in [0.4, 0.5) is 10.7 Å². The molecule has 1 aliphatic rings. The first kappa shape index (κ1) is 24.8. The maximum Gasteiger partial charge on any atom is 0.243 e. The highest BCUT2D eigenvalue weighted by molar-refractivity contribution is 8.00. The average Bonchev–Trinajstić information content (AvgIpc) is 3.69. The standard InChI is InChI=1S/C30H25N3O2S2/c1-19-10-12-20(13-11-19)26-18-36-30(25(26)17-31)33-29(35)27(21-6-3-2-4-7-21)37-24-9-5-8-23(16-24)32-28(34)22-14-15-22/h2-13,16,18,22,27H,14-15H2,1H3,(H,32,34)(H,33,35). The Morgan fingerprint density at radius 2 is 1.76 bits per heavy atom. The summed E-state index contributed by atoms with van der Waals surface area (Å²) in [5.74, 6) is -0.0490. The third kappa shape index (κ3) is 5.93. The number of carbonyl (C=O) groups excluding carboxylic acids is 2. The van der Waals surface area contributed by atoms with E-state index in [2.05, 4.69) is 16.7 Å².